The van der Waals surface area contributed by atoms with Gasteiger partial charge in [-0.1, -0.05) is 18.2 Å². The second-order valence-corrected chi connectivity index (χ2v) is 5.97. The zero-order chi connectivity index (χ0) is 15.8. The Morgan fingerprint density at radius 1 is 1.04 bits per heavy atom. The minimum atomic E-state index is -0.201. The average Bonchev–Trinajstić information content (AvgIpc) is 3.19. The average molecular weight is 323 g/mol. The monoisotopic (exact) mass is 323 g/mol. The molecule has 114 valence electrons. The number of nitrogens with one attached hydrogen (secondary N) is 2. The van der Waals surface area contributed by atoms with Crippen LogP contribution in [0.2, 0.25) is 0 Å². The van der Waals surface area contributed by atoms with Gasteiger partial charge in [-0.25, -0.2) is 9.78 Å². The Labute approximate surface area is 135 Å². The van der Waals surface area contributed by atoms with Gasteiger partial charge in [-0.3, -0.25) is 0 Å². The molecule has 0 fully saturated rings. The van der Waals surface area contributed by atoms with Crippen LogP contribution in [0.5, 0.6) is 5.75 Å². The highest BCUT2D eigenvalue weighted by molar-refractivity contribution is 7.13. The van der Waals surface area contributed by atoms with Crippen LogP contribution in [0.15, 0.2) is 52.6 Å². The number of hydrogen-bond acceptors (Lipinski definition) is 4. The Kier molecular flexibility index (Phi) is 3.24. The van der Waals surface area contributed by atoms with Gasteiger partial charge in [-0.15, -0.1) is 11.3 Å². The van der Waals surface area contributed by atoms with E-state index in [-0.39, 0.29) is 5.69 Å². The molecule has 4 rings (SSSR count). The number of rotatable bonds is 3. The number of thiazole rings is 1. The normalized spacial score (nSPS) is 11.0. The highest BCUT2D eigenvalue weighted by atomic mass is 32.1. The number of aromatic amines is 2. The molecule has 0 spiro atoms. The summed E-state index contributed by atoms with van der Waals surface area (Å²) in [5.41, 5.74) is 4.25. The van der Waals surface area contributed by atoms with E-state index in [1.54, 1.807) is 18.4 Å². The second kappa shape index (κ2) is 5.40. The minimum absolute atomic E-state index is 0.201. The molecule has 0 amide bonds. The summed E-state index contributed by atoms with van der Waals surface area (Å²) in [5.74, 6) is 0.811. The van der Waals surface area contributed by atoms with Crippen molar-refractivity contribution in [1.82, 2.24) is 15.0 Å². The predicted octanol–water partition coefficient (Wildman–Crippen LogP) is 3.66. The third-order valence-corrected chi connectivity index (χ3v) is 4.52. The molecular weight excluding hydrogens is 310 g/mol. The Morgan fingerprint density at radius 2 is 1.91 bits per heavy atom. The van der Waals surface area contributed by atoms with E-state index in [1.165, 1.54) is 0 Å². The zero-order valence-electron chi connectivity index (χ0n) is 12.3. The van der Waals surface area contributed by atoms with Crippen LogP contribution < -0.4 is 10.4 Å². The molecular formula is C17H13N3O2S. The topological polar surface area (TPSA) is 70.8 Å². The van der Waals surface area contributed by atoms with Crippen LogP contribution in [-0.2, 0) is 0 Å². The Morgan fingerprint density at radius 3 is 2.78 bits per heavy atom. The third kappa shape index (κ3) is 2.53. The van der Waals surface area contributed by atoms with Gasteiger partial charge in [0.1, 0.15) is 10.8 Å². The van der Waals surface area contributed by atoms with Crippen molar-refractivity contribution in [3.05, 3.63) is 58.3 Å². The third-order valence-electron chi connectivity index (χ3n) is 3.63. The molecule has 0 saturated heterocycles. The first-order valence-corrected chi connectivity index (χ1v) is 7.93. The molecule has 0 aliphatic carbocycles. The summed E-state index contributed by atoms with van der Waals surface area (Å²) in [4.78, 5) is 21.6. The van der Waals surface area contributed by atoms with Crippen molar-refractivity contribution < 1.29 is 4.74 Å². The van der Waals surface area contributed by atoms with Gasteiger partial charge in [0.25, 0.3) is 0 Å². The van der Waals surface area contributed by atoms with E-state index >= 15 is 0 Å². The highest BCUT2D eigenvalue weighted by Gasteiger charge is 2.09. The maximum absolute atomic E-state index is 11.3. The molecule has 0 aliphatic heterocycles. The van der Waals surface area contributed by atoms with Crippen molar-refractivity contribution in [3.8, 4) is 27.6 Å². The van der Waals surface area contributed by atoms with Crippen LogP contribution in [0.1, 0.15) is 0 Å². The van der Waals surface area contributed by atoms with Crippen LogP contribution in [0.3, 0.4) is 0 Å². The first kappa shape index (κ1) is 13.8. The van der Waals surface area contributed by atoms with Crippen LogP contribution in [-0.4, -0.2) is 22.1 Å². The van der Waals surface area contributed by atoms with E-state index in [4.69, 9.17) is 9.72 Å². The van der Waals surface area contributed by atoms with Gasteiger partial charge in [0, 0.05) is 16.5 Å². The molecule has 0 aliphatic rings. The quantitative estimate of drug-likeness (QED) is 0.604. The molecule has 0 unspecified atom stereocenters. The van der Waals surface area contributed by atoms with E-state index < -0.39 is 0 Å². The first-order chi connectivity index (χ1) is 11.2. The SMILES string of the molecule is COc1cccc(-c2nc(-c3ccc4[nH]c(=O)[nH]c4c3)cs2)c1. The molecule has 23 heavy (non-hydrogen) atoms. The van der Waals surface area contributed by atoms with Gasteiger partial charge in [0.2, 0.25) is 0 Å². The van der Waals surface area contributed by atoms with E-state index in [0.29, 0.717) is 0 Å². The number of fused-ring (bicyclic) bond motifs is 1. The molecule has 0 radical (unpaired) electrons. The summed E-state index contributed by atoms with van der Waals surface area (Å²) in [5, 5.41) is 2.95. The van der Waals surface area contributed by atoms with Crippen LogP contribution in [0, 0.1) is 0 Å². The summed E-state index contributed by atoms with van der Waals surface area (Å²) in [6.07, 6.45) is 0. The number of methoxy groups -OCH3 is 1. The van der Waals surface area contributed by atoms with Gasteiger partial charge in [0.15, 0.2) is 0 Å². The van der Waals surface area contributed by atoms with Crippen molar-refractivity contribution in [2.24, 2.45) is 0 Å². The summed E-state index contributed by atoms with van der Waals surface area (Å²) in [7, 11) is 1.65. The molecule has 2 N–H and O–H groups in total. The minimum Gasteiger partial charge on any atom is -0.497 e. The highest BCUT2D eigenvalue weighted by Crippen LogP contribution is 2.31. The molecule has 5 nitrogen and oxygen atoms in total. The molecule has 0 bridgehead atoms. The Hall–Kier alpha value is -2.86. The second-order valence-electron chi connectivity index (χ2n) is 5.11. The van der Waals surface area contributed by atoms with Gasteiger partial charge >= 0.3 is 5.69 Å². The largest absolute Gasteiger partial charge is 0.497 e. The molecule has 2 heterocycles. The van der Waals surface area contributed by atoms with E-state index in [9.17, 15) is 4.79 Å². The maximum atomic E-state index is 11.3. The molecule has 0 atom stereocenters. The van der Waals surface area contributed by atoms with Crippen molar-refractivity contribution >= 4 is 22.4 Å². The van der Waals surface area contributed by atoms with Crippen molar-refractivity contribution in [3.63, 3.8) is 0 Å². The first-order valence-electron chi connectivity index (χ1n) is 7.05. The summed E-state index contributed by atoms with van der Waals surface area (Å²) < 4.78 is 5.26. The number of aromatic nitrogens is 3. The van der Waals surface area contributed by atoms with E-state index in [0.717, 1.165) is 38.6 Å². The zero-order valence-corrected chi connectivity index (χ0v) is 13.1. The lowest BCUT2D eigenvalue weighted by Gasteiger charge is -2.01. The number of nitrogens with zero attached hydrogens (tertiary/aromatic N) is 1. The number of hydrogen-bond donors (Lipinski definition) is 2. The lowest BCUT2D eigenvalue weighted by molar-refractivity contribution is 0.415. The summed E-state index contributed by atoms with van der Waals surface area (Å²) in [6, 6.07) is 13.6. The summed E-state index contributed by atoms with van der Waals surface area (Å²) in [6.45, 7) is 0. The number of imidazole rings is 1. The van der Waals surface area contributed by atoms with Gasteiger partial charge in [-0.05, 0) is 24.3 Å². The lowest BCUT2D eigenvalue weighted by Crippen LogP contribution is -1.99. The fraction of sp³-hybridized carbons (Fsp3) is 0.0588. The number of benzene rings is 2. The molecule has 6 heteroatoms. The van der Waals surface area contributed by atoms with Crippen molar-refractivity contribution in [2.75, 3.05) is 7.11 Å². The van der Waals surface area contributed by atoms with Crippen molar-refractivity contribution in [2.45, 2.75) is 0 Å². The Bertz CT molecular complexity index is 1050. The van der Waals surface area contributed by atoms with E-state index in [1.807, 2.05) is 47.8 Å². The van der Waals surface area contributed by atoms with Crippen LogP contribution in [0.4, 0.5) is 0 Å². The molecule has 2 aromatic heterocycles. The van der Waals surface area contributed by atoms with Gasteiger partial charge in [-0.2, -0.15) is 0 Å². The summed E-state index contributed by atoms with van der Waals surface area (Å²) >= 11 is 1.58. The van der Waals surface area contributed by atoms with Gasteiger partial charge < -0.3 is 14.7 Å². The number of ether oxygens (including phenoxy) is 1. The maximum Gasteiger partial charge on any atom is 0.323 e. The number of H-pyrrole nitrogens is 2. The van der Waals surface area contributed by atoms with Crippen molar-refractivity contribution in [1.29, 1.82) is 0 Å². The predicted molar refractivity (Wildman–Crippen MR) is 92.0 cm³/mol. The fourth-order valence-corrected chi connectivity index (χ4v) is 3.31. The smallest absolute Gasteiger partial charge is 0.323 e. The molecule has 0 saturated carbocycles. The molecule has 4 aromatic rings. The van der Waals surface area contributed by atoms with Crippen LogP contribution >= 0.6 is 11.3 Å². The van der Waals surface area contributed by atoms with Crippen LogP contribution in [0.25, 0.3) is 32.9 Å². The standard InChI is InChI=1S/C17H13N3O2S/c1-22-12-4-2-3-11(7-12)16-18-15(9-23-16)10-5-6-13-14(8-10)20-17(21)19-13/h2-9H,1H3,(H2,19,20,21). The van der Waals surface area contributed by atoms with E-state index in [2.05, 4.69) is 9.97 Å². The lowest BCUT2D eigenvalue weighted by atomic mass is 10.1. The van der Waals surface area contributed by atoms with Gasteiger partial charge in [0.05, 0.1) is 23.8 Å². The molecule has 2 aromatic carbocycles. The fourth-order valence-electron chi connectivity index (χ4n) is 2.49. The Balaban J connectivity index is 1.74.